The molecule has 10 nitrogen and oxygen atoms in total. The lowest BCUT2D eigenvalue weighted by atomic mass is 10.1. The Bertz CT molecular complexity index is 1740. The maximum atomic E-state index is 14.3. The molecule has 3 aromatic heterocycles. The fraction of sp³-hybridized carbons (Fsp3) is 0.429. The minimum absolute atomic E-state index is 0.0866. The number of hydrogen-bond donors (Lipinski definition) is 4. The van der Waals surface area contributed by atoms with Crippen molar-refractivity contribution < 1.29 is 27.4 Å². The zero-order chi connectivity index (χ0) is 29.8. The Morgan fingerprint density at radius 3 is 2.50 bits per heavy atom. The van der Waals surface area contributed by atoms with Crippen LogP contribution in [-0.4, -0.2) is 68.8 Å². The maximum absolute atomic E-state index is 14.3. The number of anilines is 2. The summed E-state index contributed by atoms with van der Waals surface area (Å²) < 4.78 is 53.3. The molecular weight excluding hydrogens is 586 g/mol. The number of thiazole rings is 1. The topological polar surface area (TPSA) is 150 Å². The van der Waals surface area contributed by atoms with Gasteiger partial charge in [-0.3, -0.25) is 4.98 Å². The van der Waals surface area contributed by atoms with Crippen LogP contribution in [0, 0.1) is 24.5 Å². The second-order valence-corrected chi connectivity index (χ2v) is 14.3. The number of nitrogens with one attached hydrogen (secondary N) is 2. The number of benzene rings is 1. The number of fused-ring (bicyclic) bond motifs is 1. The van der Waals surface area contributed by atoms with Crippen LogP contribution in [0.3, 0.4) is 0 Å². The summed E-state index contributed by atoms with van der Waals surface area (Å²) in [5.74, 6) is -1.60. The molecule has 0 aliphatic heterocycles. The van der Waals surface area contributed by atoms with Gasteiger partial charge in [0.2, 0.25) is 5.95 Å². The van der Waals surface area contributed by atoms with E-state index in [0.29, 0.717) is 22.2 Å². The Kier molecular flexibility index (Phi) is 7.58. The van der Waals surface area contributed by atoms with E-state index in [0.717, 1.165) is 35.0 Å². The number of aliphatic hydroxyl groups is 2. The van der Waals surface area contributed by atoms with E-state index in [-0.39, 0.29) is 36.0 Å². The van der Waals surface area contributed by atoms with Crippen molar-refractivity contribution >= 4 is 43.2 Å². The van der Waals surface area contributed by atoms with Gasteiger partial charge in [-0.05, 0) is 44.4 Å². The number of pyridine rings is 1. The van der Waals surface area contributed by atoms with Gasteiger partial charge >= 0.3 is 0 Å². The Labute approximate surface area is 245 Å². The average Bonchev–Trinajstić information content (AvgIpc) is 3.62. The van der Waals surface area contributed by atoms with Crippen molar-refractivity contribution in [3.05, 3.63) is 59.0 Å². The van der Waals surface area contributed by atoms with Gasteiger partial charge in [0.25, 0.3) is 0 Å². The molecule has 4 aromatic rings. The normalized spacial score (nSPS) is 22.5. The standard InChI is InChI=1S/C28H30F2N6O4S2/c1-13-21(27-35-23-20(41-27)8-9-31-22(23)14-6-7-14)26(34-19-10-15(12-42(2,39)40)24(37)25(19)38)36-28(33-13)32-11-16-17(29)4-3-5-18(16)30/h3-5,8-9,14-15,19,24-25,37-38H,6-7,10-12H2,1-2H3,(H2,32,33,34,36). The highest BCUT2D eigenvalue weighted by atomic mass is 32.2. The Morgan fingerprint density at radius 2 is 1.81 bits per heavy atom. The van der Waals surface area contributed by atoms with Gasteiger partial charge in [-0.25, -0.2) is 27.2 Å². The van der Waals surface area contributed by atoms with E-state index in [4.69, 9.17) is 4.98 Å². The quantitative estimate of drug-likeness (QED) is 0.219. The SMILES string of the molecule is Cc1nc(NCc2c(F)cccc2F)nc(NC2CC(CS(C)(=O)=O)C(O)C2O)c1-c1nc2c(C3CC3)nccc2s1. The molecule has 14 heteroatoms. The third kappa shape index (κ3) is 5.80. The van der Waals surface area contributed by atoms with Crippen LogP contribution in [0.25, 0.3) is 20.8 Å². The van der Waals surface area contributed by atoms with E-state index >= 15 is 0 Å². The molecule has 4 atom stereocenters. The molecule has 2 aliphatic rings. The average molecular weight is 617 g/mol. The summed E-state index contributed by atoms with van der Waals surface area (Å²) >= 11 is 1.44. The molecular formula is C28H30F2N6O4S2. The predicted molar refractivity (Wildman–Crippen MR) is 156 cm³/mol. The first-order valence-electron chi connectivity index (χ1n) is 13.6. The first kappa shape index (κ1) is 28.8. The van der Waals surface area contributed by atoms with Crippen molar-refractivity contribution in [2.45, 2.75) is 56.9 Å². The van der Waals surface area contributed by atoms with Crippen LogP contribution >= 0.6 is 11.3 Å². The number of sulfone groups is 1. The highest BCUT2D eigenvalue weighted by molar-refractivity contribution is 7.90. The molecule has 1 aromatic carbocycles. The number of halogens is 2. The largest absolute Gasteiger partial charge is 0.390 e. The number of aromatic nitrogens is 4. The summed E-state index contributed by atoms with van der Waals surface area (Å²) in [6, 6.07) is 4.79. The first-order chi connectivity index (χ1) is 20.0. The Hall–Kier alpha value is -3.33. The Morgan fingerprint density at radius 1 is 1.07 bits per heavy atom. The lowest BCUT2D eigenvalue weighted by Gasteiger charge is -2.21. The van der Waals surface area contributed by atoms with Gasteiger partial charge in [0.05, 0.1) is 39.5 Å². The second kappa shape index (κ2) is 11.1. The van der Waals surface area contributed by atoms with Crippen LogP contribution in [0.1, 0.15) is 42.1 Å². The van der Waals surface area contributed by atoms with Crippen molar-refractivity contribution in [3.63, 3.8) is 0 Å². The zero-order valence-corrected chi connectivity index (χ0v) is 24.5. The number of aryl methyl sites for hydroxylation is 1. The number of nitrogens with zero attached hydrogens (tertiary/aromatic N) is 4. The van der Waals surface area contributed by atoms with Crippen LogP contribution in [0.5, 0.6) is 0 Å². The molecule has 0 spiro atoms. The molecule has 222 valence electrons. The number of rotatable bonds is 9. The van der Waals surface area contributed by atoms with Crippen LogP contribution in [-0.2, 0) is 16.4 Å². The lowest BCUT2D eigenvalue weighted by molar-refractivity contribution is 0.0216. The van der Waals surface area contributed by atoms with E-state index in [2.05, 4.69) is 25.6 Å². The van der Waals surface area contributed by atoms with Crippen LogP contribution in [0.15, 0.2) is 30.5 Å². The van der Waals surface area contributed by atoms with Crippen LogP contribution < -0.4 is 10.6 Å². The highest BCUT2D eigenvalue weighted by Gasteiger charge is 2.43. The van der Waals surface area contributed by atoms with Crippen LogP contribution in [0.4, 0.5) is 20.5 Å². The molecule has 0 saturated heterocycles. The van der Waals surface area contributed by atoms with Crippen LogP contribution in [0.2, 0.25) is 0 Å². The Balaban J connectivity index is 1.38. The minimum Gasteiger partial charge on any atom is -0.390 e. The van der Waals surface area contributed by atoms with Crippen molar-refractivity contribution in [3.8, 4) is 10.6 Å². The molecule has 4 unspecified atom stereocenters. The van der Waals surface area contributed by atoms with E-state index in [1.165, 1.54) is 29.5 Å². The predicted octanol–water partition coefficient (Wildman–Crippen LogP) is 3.79. The lowest BCUT2D eigenvalue weighted by Crippen LogP contribution is -2.36. The van der Waals surface area contributed by atoms with Gasteiger partial charge in [-0.15, -0.1) is 11.3 Å². The number of aliphatic hydroxyl groups excluding tert-OH is 2. The molecule has 42 heavy (non-hydrogen) atoms. The monoisotopic (exact) mass is 616 g/mol. The number of hydrogen-bond acceptors (Lipinski definition) is 11. The molecule has 0 bridgehead atoms. The van der Waals surface area contributed by atoms with Gasteiger partial charge in [0.15, 0.2) is 0 Å². The van der Waals surface area contributed by atoms with E-state index < -0.39 is 45.6 Å². The summed E-state index contributed by atoms with van der Waals surface area (Å²) in [7, 11) is -3.40. The molecule has 0 radical (unpaired) electrons. The summed E-state index contributed by atoms with van der Waals surface area (Å²) in [5, 5.41) is 28.2. The second-order valence-electron chi connectivity index (χ2n) is 11.1. The first-order valence-corrected chi connectivity index (χ1v) is 16.5. The summed E-state index contributed by atoms with van der Waals surface area (Å²) in [5.41, 5.74) is 2.68. The van der Waals surface area contributed by atoms with E-state index in [1.54, 1.807) is 13.1 Å². The third-order valence-electron chi connectivity index (χ3n) is 7.73. The van der Waals surface area contributed by atoms with Gasteiger partial charge < -0.3 is 20.8 Å². The fourth-order valence-corrected chi connectivity index (χ4v) is 7.69. The van der Waals surface area contributed by atoms with Gasteiger partial charge in [0.1, 0.15) is 43.9 Å². The molecule has 0 amide bonds. The van der Waals surface area contributed by atoms with Crippen molar-refractivity contribution in [1.29, 1.82) is 0 Å². The maximum Gasteiger partial charge on any atom is 0.225 e. The van der Waals surface area contributed by atoms with E-state index in [9.17, 15) is 27.4 Å². The van der Waals surface area contributed by atoms with Gasteiger partial charge in [-0.1, -0.05) is 6.07 Å². The highest BCUT2D eigenvalue weighted by Crippen LogP contribution is 2.44. The molecule has 2 fully saturated rings. The van der Waals surface area contributed by atoms with Crippen molar-refractivity contribution in [1.82, 2.24) is 19.9 Å². The van der Waals surface area contributed by atoms with Gasteiger partial charge in [-0.2, -0.15) is 4.98 Å². The molecule has 2 aliphatic carbocycles. The molecule has 4 N–H and O–H groups in total. The van der Waals surface area contributed by atoms with Gasteiger partial charge in [0, 0.05) is 36.4 Å². The molecule has 3 heterocycles. The fourth-order valence-electron chi connectivity index (χ4n) is 5.52. The van der Waals surface area contributed by atoms with E-state index in [1.807, 2.05) is 6.07 Å². The molecule has 6 rings (SSSR count). The molecule has 2 saturated carbocycles. The minimum atomic E-state index is -3.40. The summed E-state index contributed by atoms with van der Waals surface area (Å²) in [4.78, 5) is 18.6. The van der Waals surface area contributed by atoms with Crippen molar-refractivity contribution in [2.75, 3.05) is 22.6 Å². The zero-order valence-electron chi connectivity index (χ0n) is 22.9. The summed E-state index contributed by atoms with van der Waals surface area (Å²) in [6.45, 7) is 1.55. The van der Waals surface area contributed by atoms with Crippen molar-refractivity contribution in [2.24, 2.45) is 5.92 Å². The smallest absolute Gasteiger partial charge is 0.225 e. The summed E-state index contributed by atoms with van der Waals surface area (Å²) in [6.07, 6.45) is 2.66. The third-order valence-corrected chi connectivity index (χ3v) is 9.80.